The van der Waals surface area contributed by atoms with E-state index in [0.717, 1.165) is 0 Å². The SMILES string of the molecule is CC(=O)C(Cc1cccc([N+](=O)[O-])c1)Cc1cccc([N+](=O)[O-])c1. The zero-order valence-corrected chi connectivity index (χ0v) is 13.0. The smallest absolute Gasteiger partial charge is 0.269 e. The second kappa shape index (κ2) is 7.45. The van der Waals surface area contributed by atoms with Gasteiger partial charge in [-0.2, -0.15) is 0 Å². The van der Waals surface area contributed by atoms with Crippen LogP contribution in [0.15, 0.2) is 48.5 Å². The average Bonchev–Trinajstić information content (AvgIpc) is 2.54. The molecule has 0 aliphatic rings. The van der Waals surface area contributed by atoms with Gasteiger partial charge in [0.2, 0.25) is 0 Å². The van der Waals surface area contributed by atoms with Crippen LogP contribution < -0.4 is 0 Å². The lowest BCUT2D eigenvalue weighted by Gasteiger charge is -2.14. The number of carbonyl (C=O) groups is 1. The molecule has 0 bridgehead atoms. The third kappa shape index (κ3) is 4.45. The van der Waals surface area contributed by atoms with E-state index in [4.69, 9.17) is 0 Å². The number of hydrogen-bond acceptors (Lipinski definition) is 5. The highest BCUT2D eigenvalue weighted by molar-refractivity contribution is 5.79. The van der Waals surface area contributed by atoms with E-state index in [1.54, 1.807) is 24.3 Å². The molecule has 2 aromatic carbocycles. The summed E-state index contributed by atoms with van der Waals surface area (Å²) < 4.78 is 0. The maximum atomic E-state index is 11.9. The van der Waals surface area contributed by atoms with Gasteiger partial charge < -0.3 is 0 Å². The first-order valence-electron chi connectivity index (χ1n) is 7.34. The van der Waals surface area contributed by atoms with Crippen LogP contribution in [0.3, 0.4) is 0 Å². The zero-order chi connectivity index (χ0) is 17.7. The summed E-state index contributed by atoms with van der Waals surface area (Å²) in [6.07, 6.45) is 0.694. The first kappa shape index (κ1) is 17.3. The maximum Gasteiger partial charge on any atom is 0.269 e. The number of non-ortho nitro benzene ring substituents is 2. The topological polar surface area (TPSA) is 103 Å². The van der Waals surface area contributed by atoms with Gasteiger partial charge in [0.25, 0.3) is 11.4 Å². The molecule has 0 heterocycles. The molecule has 0 atom stereocenters. The molecule has 7 nitrogen and oxygen atoms in total. The van der Waals surface area contributed by atoms with Crippen molar-refractivity contribution in [3.63, 3.8) is 0 Å². The highest BCUT2D eigenvalue weighted by Crippen LogP contribution is 2.21. The van der Waals surface area contributed by atoms with Gasteiger partial charge in [-0.1, -0.05) is 24.3 Å². The van der Waals surface area contributed by atoms with E-state index in [1.807, 2.05) is 0 Å². The molecule has 0 radical (unpaired) electrons. The predicted molar refractivity (Wildman–Crippen MR) is 87.8 cm³/mol. The third-order valence-electron chi connectivity index (χ3n) is 3.78. The van der Waals surface area contributed by atoms with Crippen molar-refractivity contribution in [3.05, 3.63) is 79.9 Å². The fourth-order valence-corrected chi connectivity index (χ4v) is 2.52. The van der Waals surface area contributed by atoms with Gasteiger partial charge in [-0.15, -0.1) is 0 Å². The Balaban J connectivity index is 2.20. The fourth-order valence-electron chi connectivity index (χ4n) is 2.52. The quantitative estimate of drug-likeness (QED) is 0.571. The Hall–Kier alpha value is -3.09. The van der Waals surface area contributed by atoms with Crippen LogP contribution in [0.1, 0.15) is 18.1 Å². The first-order valence-corrected chi connectivity index (χ1v) is 7.34. The number of ketones is 1. The molecule has 0 unspecified atom stereocenters. The minimum atomic E-state index is -0.479. The van der Waals surface area contributed by atoms with Crippen molar-refractivity contribution < 1.29 is 14.6 Å². The molecule has 0 N–H and O–H groups in total. The average molecular weight is 328 g/mol. The van der Waals surface area contributed by atoms with Crippen molar-refractivity contribution in [1.29, 1.82) is 0 Å². The molecular formula is C17H16N2O5. The summed E-state index contributed by atoms with van der Waals surface area (Å²) in [5, 5.41) is 21.7. The molecular weight excluding hydrogens is 312 g/mol. The van der Waals surface area contributed by atoms with E-state index in [9.17, 15) is 25.0 Å². The summed E-state index contributed by atoms with van der Waals surface area (Å²) in [5.41, 5.74) is 1.33. The molecule has 0 spiro atoms. The van der Waals surface area contributed by atoms with Crippen LogP contribution in [-0.2, 0) is 17.6 Å². The van der Waals surface area contributed by atoms with E-state index in [1.165, 1.54) is 31.2 Å². The Morgan fingerprint density at radius 2 is 1.33 bits per heavy atom. The number of nitro benzene ring substituents is 2. The van der Waals surface area contributed by atoms with Gasteiger partial charge in [0, 0.05) is 30.2 Å². The van der Waals surface area contributed by atoms with Crippen molar-refractivity contribution in [3.8, 4) is 0 Å². The number of benzene rings is 2. The Kier molecular flexibility index (Phi) is 5.36. The summed E-state index contributed by atoms with van der Waals surface area (Å²) in [6.45, 7) is 1.46. The van der Waals surface area contributed by atoms with Gasteiger partial charge in [0.15, 0.2) is 0 Å². The van der Waals surface area contributed by atoms with Crippen LogP contribution in [-0.4, -0.2) is 15.6 Å². The number of nitrogens with zero attached hydrogens (tertiary/aromatic N) is 2. The number of carbonyl (C=O) groups excluding carboxylic acids is 1. The van der Waals surface area contributed by atoms with Crippen LogP contribution in [0, 0.1) is 26.1 Å². The Morgan fingerprint density at radius 1 is 0.917 bits per heavy atom. The highest BCUT2D eigenvalue weighted by Gasteiger charge is 2.18. The van der Waals surface area contributed by atoms with Gasteiger partial charge >= 0.3 is 0 Å². The lowest BCUT2D eigenvalue weighted by molar-refractivity contribution is -0.385. The molecule has 0 fully saturated rings. The lowest BCUT2D eigenvalue weighted by atomic mass is 9.89. The molecule has 0 saturated heterocycles. The van der Waals surface area contributed by atoms with Crippen LogP contribution in [0.2, 0.25) is 0 Å². The van der Waals surface area contributed by atoms with Crippen molar-refractivity contribution in [2.45, 2.75) is 19.8 Å². The van der Waals surface area contributed by atoms with Gasteiger partial charge in [-0.25, -0.2) is 0 Å². The Labute approximate surface area is 138 Å². The summed E-state index contributed by atoms with van der Waals surface area (Å²) >= 11 is 0. The summed E-state index contributed by atoms with van der Waals surface area (Å²) in [6, 6.07) is 12.3. The van der Waals surface area contributed by atoms with Crippen LogP contribution >= 0.6 is 0 Å². The van der Waals surface area contributed by atoms with Crippen molar-refractivity contribution >= 4 is 17.2 Å². The zero-order valence-electron chi connectivity index (χ0n) is 13.0. The standard InChI is InChI=1S/C17H16N2O5/c1-12(20)15(8-13-4-2-6-16(10-13)18(21)22)9-14-5-3-7-17(11-14)19(23)24/h2-7,10-11,15H,8-9H2,1H3. The third-order valence-corrected chi connectivity index (χ3v) is 3.78. The van der Waals surface area contributed by atoms with Gasteiger partial charge in [-0.3, -0.25) is 25.0 Å². The highest BCUT2D eigenvalue weighted by atomic mass is 16.6. The molecule has 124 valence electrons. The van der Waals surface area contributed by atoms with Crippen LogP contribution in [0.4, 0.5) is 11.4 Å². The number of Topliss-reactive ketones (excluding diaryl/α,β-unsaturated/α-hetero) is 1. The van der Waals surface area contributed by atoms with E-state index in [-0.39, 0.29) is 17.2 Å². The normalized spacial score (nSPS) is 10.6. The minimum Gasteiger partial charge on any atom is -0.300 e. The van der Waals surface area contributed by atoms with Crippen LogP contribution in [0.25, 0.3) is 0 Å². The van der Waals surface area contributed by atoms with Crippen LogP contribution in [0.5, 0.6) is 0 Å². The molecule has 0 aliphatic heterocycles. The molecule has 0 saturated carbocycles. The molecule has 0 amide bonds. The lowest BCUT2D eigenvalue weighted by Crippen LogP contribution is -2.17. The van der Waals surface area contributed by atoms with E-state index in [2.05, 4.69) is 0 Å². The van der Waals surface area contributed by atoms with E-state index in [0.29, 0.717) is 24.0 Å². The predicted octanol–water partition coefficient (Wildman–Crippen LogP) is 3.49. The van der Waals surface area contributed by atoms with E-state index >= 15 is 0 Å². The summed E-state index contributed by atoms with van der Waals surface area (Å²) in [7, 11) is 0. The molecule has 0 aromatic heterocycles. The van der Waals surface area contributed by atoms with Gasteiger partial charge in [0.1, 0.15) is 5.78 Å². The second-order valence-corrected chi connectivity index (χ2v) is 5.57. The number of hydrogen-bond donors (Lipinski definition) is 0. The maximum absolute atomic E-state index is 11.9. The number of rotatable bonds is 7. The molecule has 24 heavy (non-hydrogen) atoms. The summed E-state index contributed by atoms with van der Waals surface area (Å²) in [5.74, 6) is -0.456. The first-order chi connectivity index (χ1) is 11.4. The molecule has 0 aliphatic carbocycles. The summed E-state index contributed by atoms with van der Waals surface area (Å²) in [4.78, 5) is 32.6. The van der Waals surface area contributed by atoms with Gasteiger partial charge in [-0.05, 0) is 30.9 Å². The Bertz CT molecular complexity index is 729. The second-order valence-electron chi connectivity index (χ2n) is 5.57. The van der Waals surface area contributed by atoms with Crippen molar-refractivity contribution in [2.75, 3.05) is 0 Å². The molecule has 7 heteroatoms. The fraction of sp³-hybridized carbons (Fsp3) is 0.235. The molecule has 2 aromatic rings. The number of nitro groups is 2. The monoisotopic (exact) mass is 328 g/mol. The Morgan fingerprint density at radius 3 is 1.67 bits per heavy atom. The van der Waals surface area contributed by atoms with Crippen molar-refractivity contribution in [2.24, 2.45) is 5.92 Å². The van der Waals surface area contributed by atoms with Crippen molar-refractivity contribution in [1.82, 2.24) is 0 Å². The molecule has 2 rings (SSSR count). The minimum absolute atomic E-state index is 0.0230. The van der Waals surface area contributed by atoms with E-state index < -0.39 is 15.8 Å². The van der Waals surface area contributed by atoms with Gasteiger partial charge in [0.05, 0.1) is 9.85 Å². The largest absolute Gasteiger partial charge is 0.300 e.